The van der Waals surface area contributed by atoms with Crippen LogP contribution in [0, 0.1) is 28.1 Å². The van der Waals surface area contributed by atoms with E-state index in [1.807, 2.05) is 27.7 Å². The maximum atomic E-state index is 12.2. The molecule has 0 radical (unpaired) electrons. The van der Waals surface area contributed by atoms with Gasteiger partial charge in [-0.2, -0.15) is 0 Å². The van der Waals surface area contributed by atoms with Gasteiger partial charge in [-0.15, -0.1) is 0 Å². The second-order valence-corrected chi connectivity index (χ2v) is 11.2. The van der Waals surface area contributed by atoms with Crippen molar-refractivity contribution in [2.45, 2.75) is 92.6 Å². The smallest absolute Gasteiger partial charge is 0.417 e. The minimum atomic E-state index is -1.57. The summed E-state index contributed by atoms with van der Waals surface area (Å²) in [6, 6.07) is 0. The minimum Gasteiger partial charge on any atom is -0.473 e. The monoisotopic (exact) mass is 410 g/mol. The predicted molar refractivity (Wildman–Crippen MR) is 109 cm³/mol. The summed E-state index contributed by atoms with van der Waals surface area (Å²) in [7, 11) is 0. The van der Waals surface area contributed by atoms with Crippen molar-refractivity contribution in [2.24, 2.45) is 28.1 Å². The summed E-state index contributed by atoms with van der Waals surface area (Å²) in [6.45, 7) is 14.4. The molecule has 2 aliphatic rings. The molecule has 2 saturated carbocycles. The summed E-state index contributed by atoms with van der Waals surface area (Å²) < 4.78 is 11.1. The van der Waals surface area contributed by atoms with E-state index in [0.29, 0.717) is 18.8 Å². The third-order valence-electron chi connectivity index (χ3n) is 7.49. The number of hydrogen-bond donors (Lipinski definition) is 1. The van der Waals surface area contributed by atoms with E-state index in [-0.39, 0.29) is 29.3 Å². The SMILES string of the molecule is CC(C)(C)C(=O)OCC[C@@H]1[C@@]2(C)CCCC(C)(C)[C@@H]2CC[C@@]1(C)OC(=O)C(=O)O. The number of carboxylic acid groups (broad SMARTS) is 1. The van der Waals surface area contributed by atoms with Crippen molar-refractivity contribution in [1.29, 1.82) is 0 Å². The molecule has 2 aliphatic carbocycles. The van der Waals surface area contributed by atoms with Crippen LogP contribution in [0.25, 0.3) is 0 Å². The molecule has 0 aromatic carbocycles. The number of carbonyl (C=O) groups is 3. The van der Waals surface area contributed by atoms with Crippen LogP contribution in [-0.2, 0) is 23.9 Å². The zero-order chi connectivity index (χ0) is 22.3. The van der Waals surface area contributed by atoms with Gasteiger partial charge < -0.3 is 14.6 Å². The fourth-order valence-corrected chi connectivity index (χ4v) is 6.10. The third-order valence-corrected chi connectivity index (χ3v) is 7.49. The lowest BCUT2D eigenvalue weighted by Gasteiger charge is -2.61. The Morgan fingerprint density at radius 1 is 1.03 bits per heavy atom. The van der Waals surface area contributed by atoms with E-state index >= 15 is 0 Å². The molecule has 166 valence electrons. The van der Waals surface area contributed by atoms with E-state index in [1.165, 1.54) is 0 Å². The summed E-state index contributed by atoms with van der Waals surface area (Å²) in [5.74, 6) is -2.67. The molecule has 29 heavy (non-hydrogen) atoms. The summed E-state index contributed by atoms with van der Waals surface area (Å²) in [4.78, 5) is 35.3. The van der Waals surface area contributed by atoms with Crippen LogP contribution in [0.5, 0.6) is 0 Å². The highest BCUT2D eigenvalue weighted by atomic mass is 16.6. The van der Waals surface area contributed by atoms with Crippen molar-refractivity contribution >= 4 is 17.9 Å². The van der Waals surface area contributed by atoms with Gasteiger partial charge >= 0.3 is 17.9 Å². The molecule has 0 aliphatic heterocycles. The van der Waals surface area contributed by atoms with Crippen LogP contribution in [-0.4, -0.2) is 35.2 Å². The normalized spacial score (nSPS) is 34.0. The zero-order valence-electron chi connectivity index (χ0n) is 19.1. The highest BCUT2D eigenvalue weighted by molar-refractivity contribution is 6.28. The Hall–Kier alpha value is -1.59. The average Bonchev–Trinajstić information content (AvgIpc) is 2.55. The molecule has 0 amide bonds. The largest absolute Gasteiger partial charge is 0.473 e. The molecule has 2 fully saturated rings. The van der Waals surface area contributed by atoms with E-state index in [2.05, 4.69) is 20.8 Å². The molecule has 0 aromatic rings. The van der Waals surface area contributed by atoms with Crippen LogP contribution in [0.4, 0.5) is 0 Å². The number of carboxylic acids is 1. The van der Waals surface area contributed by atoms with Gasteiger partial charge in [0.05, 0.1) is 12.0 Å². The second kappa shape index (κ2) is 7.92. The molecule has 1 N–H and O–H groups in total. The van der Waals surface area contributed by atoms with Crippen LogP contribution >= 0.6 is 0 Å². The number of rotatable bonds is 4. The van der Waals surface area contributed by atoms with Crippen LogP contribution < -0.4 is 0 Å². The summed E-state index contributed by atoms with van der Waals surface area (Å²) in [5, 5.41) is 9.09. The van der Waals surface area contributed by atoms with Crippen LogP contribution in [0.3, 0.4) is 0 Å². The lowest BCUT2D eigenvalue weighted by atomic mass is 9.45. The Balaban J connectivity index is 2.30. The lowest BCUT2D eigenvalue weighted by Crippen LogP contribution is -2.59. The summed E-state index contributed by atoms with van der Waals surface area (Å²) >= 11 is 0. The van der Waals surface area contributed by atoms with Gasteiger partial charge in [0.15, 0.2) is 0 Å². The summed E-state index contributed by atoms with van der Waals surface area (Å²) in [5.41, 5.74) is -1.40. The third kappa shape index (κ3) is 4.77. The quantitative estimate of drug-likeness (QED) is 0.538. The van der Waals surface area contributed by atoms with E-state index in [4.69, 9.17) is 14.6 Å². The molecular formula is C23H38O6. The number of carbonyl (C=O) groups excluding carboxylic acids is 2. The maximum absolute atomic E-state index is 12.2. The molecule has 0 heterocycles. The van der Waals surface area contributed by atoms with E-state index < -0.39 is 23.0 Å². The van der Waals surface area contributed by atoms with Crippen LogP contribution in [0.15, 0.2) is 0 Å². The number of ether oxygens (including phenoxy) is 2. The van der Waals surface area contributed by atoms with Crippen molar-refractivity contribution in [3.8, 4) is 0 Å². The van der Waals surface area contributed by atoms with Crippen molar-refractivity contribution in [2.75, 3.05) is 6.61 Å². The zero-order valence-corrected chi connectivity index (χ0v) is 19.1. The molecule has 0 unspecified atom stereocenters. The van der Waals surface area contributed by atoms with Crippen LogP contribution in [0.1, 0.15) is 87.0 Å². The first kappa shape index (κ1) is 23.7. The first-order valence-corrected chi connectivity index (χ1v) is 10.8. The molecule has 0 spiro atoms. The summed E-state index contributed by atoms with van der Waals surface area (Å²) in [6.07, 6.45) is 5.30. The van der Waals surface area contributed by atoms with Gasteiger partial charge in [0.2, 0.25) is 0 Å². The molecule has 0 bridgehead atoms. The highest BCUT2D eigenvalue weighted by Crippen LogP contribution is 2.63. The second-order valence-electron chi connectivity index (χ2n) is 11.2. The average molecular weight is 411 g/mol. The molecule has 4 atom stereocenters. The Bertz CT molecular complexity index is 661. The predicted octanol–water partition coefficient (Wildman–Crippen LogP) is 4.59. The number of esters is 2. The number of hydrogen-bond acceptors (Lipinski definition) is 5. The molecule has 0 aromatic heterocycles. The number of fused-ring (bicyclic) bond motifs is 1. The standard InChI is InChI=1S/C23H38O6/c1-20(2,3)19(27)28-14-10-16-22(6)12-8-11-21(4,5)15(22)9-13-23(16,7)29-18(26)17(24)25/h15-16H,8-14H2,1-7H3,(H,24,25)/t15-,16+,22-,23+/m0/s1. The lowest BCUT2D eigenvalue weighted by molar-refractivity contribution is -0.207. The van der Waals surface area contributed by atoms with Gasteiger partial charge in [-0.05, 0) is 76.5 Å². The number of aliphatic carboxylic acids is 1. The molecule has 0 saturated heterocycles. The van der Waals surface area contributed by atoms with Crippen molar-refractivity contribution < 1.29 is 29.0 Å². The Labute approximate surface area is 174 Å². The maximum Gasteiger partial charge on any atom is 0.417 e. The van der Waals surface area contributed by atoms with Crippen molar-refractivity contribution in [1.82, 2.24) is 0 Å². The Morgan fingerprint density at radius 2 is 1.66 bits per heavy atom. The van der Waals surface area contributed by atoms with Gasteiger partial charge in [0.25, 0.3) is 0 Å². The molecule has 6 heteroatoms. The first-order valence-electron chi connectivity index (χ1n) is 10.8. The van der Waals surface area contributed by atoms with Gasteiger partial charge in [-0.3, -0.25) is 4.79 Å². The minimum absolute atomic E-state index is 0.0793. The van der Waals surface area contributed by atoms with Gasteiger partial charge in [-0.25, -0.2) is 9.59 Å². The first-order chi connectivity index (χ1) is 13.1. The van der Waals surface area contributed by atoms with Crippen molar-refractivity contribution in [3.63, 3.8) is 0 Å². The molecule has 2 rings (SSSR count). The van der Waals surface area contributed by atoms with Gasteiger partial charge in [0.1, 0.15) is 5.60 Å². The Morgan fingerprint density at radius 3 is 2.21 bits per heavy atom. The van der Waals surface area contributed by atoms with E-state index in [0.717, 1.165) is 25.7 Å². The highest BCUT2D eigenvalue weighted by Gasteiger charge is 2.59. The fraction of sp³-hybridized carbons (Fsp3) is 0.870. The topological polar surface area (TPSA) is 89.9 Å². The van der Waals surface area contributed by atoms with Gasteiger partial charge in [0, 0.05) is 5.92 Å². The molecular weight excluding hydrogens is 372 g/mol. The van der Waals surface area contributed by atoms with E-state index in [9.17, 15) is 14.4 Å². The van der Waals surface area contributed by atoms with E-state index in [1.54, 1.807) is 0 Å². The van der Waals surface area contributed by atoms with Gasteiger partial charge in [-0.1, -0.05) is 27.2 Å². The van der Waals surface area contributed by atoms with Crippen molar-refractivity contribution in [3.05, 3.63) is 0 Å². The molecule has 6 nitrogen and oxygen atoms in total. The van der Waals surface area contributed by atoms with Crippen LogP contribution in [0.2, 0.25) is 0 Å². The Kier molecular flexibility index (Phi) is 6.47. The fourth-order valence-electron chi connectivity index (χ4n) is 6.10.